The van der Waals surface area contributed by atoms with Gasteiger partial charge in [-0.25, -0.2) is 9.82 Å². The van der Waals surface area contributed by atoms with E-state index in [0.717, 1.165) is 5.56 Å². The van der Waals surface area contributed by atoms with Crippen molar-refractivity contribution in [3.8, 4) is 0 Å². The lowest BCUT2D eigenvalue weighted by atomic mass is 9.99. The molecule has 0 heterocycles. The van der Waals surface area contributed by atoms with Crippen molar-refractivity contribution in [2.45, 2.75) is 6.04 Å². The van der Waals surface area contributed by atoms with Gasteiger partial charge in [0, 0.05) is 15.1 Å². The van der Waals surface area contributed by atoms with Gasteiger partial charge in [-0.3, -0.25) is 5.84 Å². The van der Waals surface area contributed by atoms with E-state index in [9.17, 15) is 4.39 Å². The molecule has 0 spiro atoms. The van der Waals surface area contributed by atoms with Crippen molar-refractivity contribution in [2.75, 3.05) is 0 Å². The van der Waals surface area contributed by atoms with Gasteiger partial charge in [-0.05, 0) is 39.7 Å². The molecule has 100 valence electrons. The maximum Gasteiger partial charge on any atom is 0.148 e. The number of nitrogens with one attached hydrogen (secondary N) is 1. The van der Waals surface area contributed by atoms with Crippen LogP contribution in [0.5, 0.6) is 0 Å². The van der Waals surface area contributed by atoms with Crippen LogP contribution in [0.15, 0.2) is 40.9 Å². The second kappa shape index (κ2) is 6.20. The van der Waals surface area contributed by atoms with E-state index in [0.29, 0.717) is 15.1 Å². The van der Waals surface area contributed by atoms with Gasteiger partial charge < -0.3 is 0 Å². The maximum atomic E-state index is 14.2. The molecule has 0 amide bonds. The number of nitrogens with two attached hydrogens (primary N) is 1. The van der Waals surface area contributed by atoms with Gasteiger partial charge in [0.15, 0.2) is 0 Å². The Kier molecular flexibility index (Phi) is 4.81. The minimum Gasteiger partial charge on any atom is -0.271 e. The highest BCUT2D eigenvalue weighted by atomic mass is 79.9. The minimum absolute atomic E-state index is 0.0276. The molecule has 19 heavy (non-hydrogen) atoms. The molecule has 1 atom stereocenters. The van der Waals surface area contributed by atoms with Crippen LogP contribution in [-0.4, -0.2) is 0 Å². The van der Waals surface area contributed by atoms with Gasteiger partial charge in [0.1, 0.15) is 5.82 Å². The van der Waals surface area contributed by atoms with E-state index in [2.05, 4.69) is 21.4 Å². The predicted octanol–water partition coefficient (Wildman–Crippen LogP) is 4.45. The normalized spacial score (nSPS) is 12.5. The molecule has 3 N–H and O–H groups in total. The molecule has 0 aliphatic heterocycles. The zero-order valence-electron chi connectivity index (χ0n) is 9.63. The van der Waals surface area contributed by atoms with Gasteiger partial charge >= 0.3 is 0 Å². The summed E-state index contributed by atoms with van der Waals surface area (Å²) in [6.07, 6.45) is 0. The lowest BCUT2D eigenvalue weighted by Crippen LogP contribution is -2.29. The topological polar surface area (TPSA) is 38.0 Å². The zero-order chi connectivity index (χ0) is 14.0. The van der Waals surface area contributed by atoms with Gasteiger partial charge in [0.25, 0.3) is 0 Å². The number of rotatable bonds is 3. The van der Waals surface area contributed by atoms with E-state index >= 15 is 0 Å². The van der Waals surface area contributed by atoms with Crippen LogP contribution in [0, 0.1) is 5.82 Å². The summed E-state index contributed by atoms with van der Waals surface area (Å²) in [6, 6.07) is 9.83. The summed E-state index contributed by atoms with van der Waals surface area (Å²) in [7, 11) is 0. The Balaban J connectivity index is 2.51. The summed E-state index contributed by atoms with van der Waals surface area (Å²) in [6.45, 7) is 0. The smallest absolute Gasteiger partial charge is 0.148 e. The maximum absolute atomic E-state index is 14.2. The molecule has 2 nitrogen and oxygen atoms in total. The number of hydrogen-bond acceptors (Lipinski definition) is 2. The van der Waals surface area contributed by atoms with E-state index < -0.39 is 11.9 Å². The Morgan fingerprint density at radius 2 is 1.95 bits per heavy atom. The van der Waals surface area contributed by atoms with Crippen LogP contribution >= 0.6 is 39.1 Å². The van der Waals surface area contributed by atoms with Crippen LogP contribution in [0.3, 0.4) is 0 Å². The summed E-state index contributed by atoms with van der Waals surface area (Å²) in [5.74, 6) is 5.01. The summed E-state index contributed by atoms with van der Waals surface area (Å²) in [4.78, 5) is 0. The fourth-order valence-electron chi connectivity index (χ4n) is 1.82. The molecule has 6 heteroatoms. The average molecular weight is 364 g/mol. The second-order valence-electron chi connectivity index (χ2n) is 3.92. The van der Waals surface area contributed by atoms with Crippen LogP contribution in [0.2, 0.25) is 10.0 Å². The molecule has 0 bridgehead atoms. The Morgan fingerprint density at radius 1 is 1.21 bits per heavy atom. The van der Waals surface area contributed by atoms with E-state index in [1.807, 2.05) is 6.07 Å². The Labute approximate surface area is 128 Å². The largest absolute Gasteiger partial charge is 0.271 e. The van der Waals surface area contributed by atoms with Gasteiger partial charge in [-0.1, -0.05) is 41.4 Å². The second-order valence-corrected chi connectivity index (χ2v) is 5.59. The zero-order valence-corrected chi connectivity index (χ0v) is 12.7. The van der Waals surface area contributed by atoms with Crippen LogP contribution in [0.1, 0.15) is 17.2 Å². The molecule has 1 unspecified atom stereocenters. The number of hydrogen-bond donors (Lipinski definition) is 2. The molecule has 0 saturated heterocycles. The van der Waals surface area contributed by atoms with Crippen molar-refractivity contribution in [3.05, 3.63) is 67.9 Å². The van der Waals surface area contributed by atoms with Crippen LogP contribution in [-0.2, 0) is 0 Å². The van der Waals surface area contributed by atoms with Gasteiger partial charge in [0.2, 0.25) is 0 Å². The van der Waals surface area contributed by atoms with Crippen molar-refractivity contribution in [1.29, 1.82) is 0 Å². The SMILES string of the molecule is NNC(c1cccc(Cl)c1)c1ccc(Br)c(Cl)c1F. The molecule has 2 aromatic carbocycles. The highest BCUT2D eigenvalue weighted by Gasteiger charge is 2.19. The standard InChI is InChI=1S/C13H10BrCl2FN2/c14-10-5-4-9(12(17)11(10)16)13(19-18)7-2-1-3-8(15)6-7/h1-6,13,19H,18H2. The Bertz CT molecular complexity index is 607. The van der Waals surface area contributed by atoms with E-state index in [-0.39, 0.29) is 5.02 Å². The highest BCUT2D eigenvalue weighted by molar-refractivity contribution is 9.10. The Morgan fingerprint density at radius 3 is 2.58 bits per heavy atom. The molecule has 0 fully saturated rings. The molecule has 0 aliphatic rings. The molecule has 0 aliphatic carbocycles. The lowest BCUT2D eigenvalue weighted by molar-refractivity contribution is 0.560. The van der Waals surface area contributed by atoms with Gasteiger partial charge in [-0.15, -0.1) is 0 Å². The third kappa shape index (κ3) is 3.09. The fraction of sp³-hybridized carbons (Fsp3) is 0.0769. The van der Waals surface area contributed by atoms with Crippen molar-refractivity contribution in [2.24, 2.45) is 5.84 Å². The predicted molar refractivity (Wildman–Crippen MR) is 79.7 cm³/mol. The molecule has 2 rings (SSSR count). The third-order valence-electron chi connectivity index (χ3n) is 2.72. The minimum atomic E-state index is -0.524. The molecular weight excluding hydrogens is 354 g/mol. The number of benzene rings is 2. The summed E-state index contributed by atoms with van der Waals surface area (Å²) in [5.41, 5.74) is 3.69. The first-order chi connectivity index (χ1) is 9.04. The van der Waals surface area contributed by atoms with E-state index in [1.165, 1.54) is 0 Å². The van der Waals surface area contributed by atoms with Crippen molar-refractivity contribution in [3.63, 3.8) is 0 Å². The monoisotopic (exact) mass is 362 g/mol. The van der Waals surface area contributed by atoms with Crippen molar-refractivity contribution < 1.29 is 4.39 Å². The highest BCUT2D eigenvalue weighted by Crippen LogP contribution is 2.33. The van der Waals surface area contributed by atoms with Gasteiger partial charge in [0.05, 0.1) is 11.1 Å². The fourth-order valence-corrected chi connectivity index (χ4v) is 2.49. The molecular formula is C13H10BrCl2FN2. The molecule has 2 aromatic rings. The Hall–Kier alpha value is -0.650. The van der Waals surface area contributed by atoms with Crippen LogP contribution in [0.4, 0.5) is 4.39 Å². The van der Waals surface area contributed by atoms with Crippen LogP contribution < -0.4 is 11.3 Å². The quantitative estimate of drug-likeness (QED) is 0.480. The molecule has 0 radical (unpaired) electrons. The first kappa shape index (κ1) is 14.8. The molecule has 0 aromatic heterocycles. The first-order valence-electron chi connectivity index (χ1n) is 5.39. The molecule has 0 saturated carbocycles. The average Bonchev–Trinajstić information content (AvgIpc) is 2.40. The van der Waals surface area contributed by atoms with Crippen LogP contribution in [0.25, 0.3) is 0 Å². The number of hydrazine groups is 1. The van der Waals surface area contributed by atoms with Crippen molar-refractivity contribution >= 4 is 39.1 Å². The lowest BCUT2D eigenvalue weighted by Gasteiger charge is -2.18. The number of halogens is 4. The van der Waals surface area contributed by atoms with E-state index in [4.69, 9.17) is 29.0 Å². The van der Waals surface area contributed by atoms with E-state index in [1.54, 1.807) is 30.3 Å². The summed E-state index contributed by atoms with van der Waals surface area (Å²) >= 11 is 15.0. The third-order valence-corrected chi connectivity index (χ3v) is 4.22. The summed E-state index contributed by atoms with van der Waals surface area (Å²) < 4.78 is 14.7. The van der Waals surface area contributed by atoms with Crippen molar-refractivity contribution in [1.82, 2.24) is 5.43 Å². The first-order valence-corrected chi connectivity index (χ1v) is 6.94. The summed E-state index contributed by atoms with van der Waals surface area (Å²) in [5, 5.41) is 0.584. The van der Waals surface area contributed by atoms with Gasteiger partial charge in [-0.2, -0.15) is 0 Å².